The number of carboxylic acids is 3. The molecule has 2 aromatic carbocycles. The van der Waals surface area contributed by atoms with Gasteiger partial charge in [0.1, 0.15) is 22.7 Å². The number of nitrogens with one attached hydrogen (secondary N) is 1. The number of nitrogen functional groups attached to an aromatic ring is 1. The summed E-state index contributed by atoms with van der Waals surface area (Å²) in [6, 6.07) is 13.5. The Kier molecular flexibility index (Phi) is 5.73. The van der Waals surface area contributed by atoms with E-state index in [4.69, 9.17) is 10.5 Å². The van der Waals surface area contributed by atoms with Crippen LogP contribution in [0.4, 0.5) is 5.82 Å². The van der Waals surface area contributed by atoms with Crippen LogP contribution < -0.4 is 16.0 Å². The molecule has 0 fully saturated rings. The Morgan fingerprint density at radius 2 is 1.45 bits per heavy atom. The molecule has 1 aromatic heterocycles. The van der Waals surface area contributed by atoms with E-state index in [0.717, 1.165) is 0 Å². The second-order valence-corrected chi connectivity index (χ2v) is 6.37. The van der Waals surface area contributed by atoms with Gasteiger partial charge in [0.15, 0.2) is 0 Å². The SMILES string of the molecule is Nc1[nH]c(=O)c(C(=O)O)c(-c2ccc(OC(C(=O)O)c3ccccc3)cc2)c1C(=O)O. The maximum absolute atomic E-state index is 12.1. The molecule has 10 heteroatoms. The lowest BCUT2D eigenvalue weighted by molar-refractivity contribution is -0.145. The van der Waals surface area contributed by atoms with Crippen molar-refractivity contribution < 1.29 is 34.4 Å². The molecular weight excluding hydrogens is 408 g/mol. The van der Waals surface area contributed by atoms with E-state index < -0.39 is 46.5 Å². The van der Waals surface area contributed by atoms with Crippen molar-refractivity contribution in [3.8, 4) is 16.9 Å². The van der Waals surface area contributed by atoms with Crippen LogP contribution in [0.3, 0.4) is 0 Å². The molecule has 1 atom stereocenters. The number of rotatable bonds is 7. The third kappa shape index (κ3) is 4.22. The highest BCUT2D eigenvalue weighted by molar-refractivity contribution is 6.07. The van der Waals surface area contributed by atoms with Gasteiger partial charge in [0, 0.05) is 11.1 Å². The summed E-state index contributed by atoms with van der Waals surface area (Å²) in [6.45, 7) is 0. The first-order chi connectivity index (χ1) is 14.7. The van der Waals surface area contributed by atoms with Gasteiger partial charge in [0.05, 0.1) is 0 Å². The standard InChI is InChI=1S/C21H16N2O8/c22-17-14(19(25)26)13(15(20(27)28)18(24)23-17)10-6-8-12(9-7-10)31-16(21(29)30)11-4-2-1-3-5-11/h1-9,16H,(H,25,26)(H,27,28)(H,29,30)(H3,22,23,24). The van der Waals surface area contributed by atoms with Gasteiger partial charge in [-0.15, -0.1) is 0 Å². The summed E-state index contributed by atoms with van der Waals surface area (Å²) in [5, 5.41) is 28.4. The Labute approximate surface area is 174 Å². The van der Waals surface area contributed by atoms with E-state index in [-0.39, 0.29) is 16.9 Å². The molecule has 6 N–H and O–H groups in total. The summed E-state index contributed by atoms with van der Waals surface area (Å²) in [7, 11) is 0. The number of hydrogen-bond acceptors (Lipinski definition) is 6. The smallest absolute Gasteiger partial charge is 0.349 e. The van der Waals surface area contributed by atoms with Gasteiger partial charge in [-0.05, 0) is 17.7 Å². The number of benzene rings is 2. The second kappa shape index (κ2) is 8.41. The van der Waals surface area contributed by atoms with E-state index >= 15 is 0 Å². The number of aromatic carboxylic acids is 2. The minimum absolute atomic E-state index is 0.0755. The van der Waals surface area contributed by atoms with Crippen molar-refractivity contribution in [2.45, 2.75) is 6.10 Å². The number of carbonyl (C=O) groups is 3. The van der Waals surface area contributed by atoms with Gasteiger partial charge >= 0.3 is 17.9 Å². The van der Waals surface area contributed by atoms with Crippen molar-refractivity contribution >= 4 is 23.7 Å². The number of hydrogen-bond donors (Lipinski definition) is 5. The van der Waals surface area contributed by atoms with Crippen LogP contribution in [0.2, 0.25) is 0 Å². The van der Waals surface area contributed by atoms with Crippen LogP contribution in [-0.2, 0) is 4.79 Å². The summed E-state index contributed by atoms with van der Waals surface area (Å²) < 4.78 is 5.53. The van der Waals surface area contributed by atoms with Crippen molar-refractivity contribution in [3.63, 3.8) is 0 Å². The van der Waals surface area contributed by atoms with Gasteiger partial charge in [-0.25, -0.2) is 14.4 Å². The fourth-order valence-electron chi connectivity index (χ4n) is 3.06. The lowest BCUT2D eigenvalue weighted by Crippen LogP contribution is -2.24. The molecular formula is C21H16N2O8. The van der Waals surface area contributed by atoms with Crippen LogP contribution >= 0.6 is 0 Å². The number of ether oxygens (including phenoxy) is 1. The van der Waals surface area contributed by atoms with Gasteiger partial charge in [-0.2, -0.15) is 0 Å². The molecule has 1 unspecified atom stereocenters. The van der Waals surface area contributed by atoms with Crippen LogP contribution in [0.25, 0.3) is 11.1 Å². The minimum atomic E-state index is -1.63. The summed E-state index contributed by atoms with van der Waals surface area (Å²) in [6.07, 6.45) is -1.30. The van der Waals surface area contributed by atoms with Gasteiger partial charge in [-0.3, -0.25) is 4.79 Å². The molecule has 3 rings (SSSR count). The average Bonchev–Trinajstić information content (AvgIpc) is 2.71. The maximum Gasteiger partial charge on any atom is 0.349 e. The molecule has 0 radical (unpaired) electrons. The van der Waals surface area contributed by atoms with E-state index in [1.165, 1.54) is 24.3 Å². The lowest BCUT2D eigenvalue weighted by Gasteiger charge is -2.16. The monoisotopic (exact) mass is 424 g/mol. The van der Waals surface area contributed by atoms with Gasteiger partial charge < -0.3 is 30.8 Å². The Morgan fingerprint density at radius 1 is 0.871 bits per heavy atom. The zero-order valence-electron chi connectivity index (χ0n) is 15.7. The van der Waals surface area contributed by atoms with Crippen molar-refractivity contribution in [2.24, 2.45) is 0 Å². The molecule has 0 amide bonds. The molecule has 1 heterocycles. The van der Waals surface area contributed by atoms with Crippen LogP contribution in [0, 0.1) is 0 Å². The van der Waals surface area contributed by atoms with Crippen LogP contribution in [0.1, 0.15) is 32.4 Å². The molecule has 3 aromatic rings. The average molecular weight is 424 g/mol. The topological polar surface area (TPSA) is 180 Å². The number of carboxylic acid groups (broad SMARTS) is 3. The summed E-state index contributed by atoms with van der Waals surface area (Å²) in [5.74, 6) is -4.74. The molecule has 158 valence electrons. The highest BCUT2D eigenvalue weighted by Crippen LogP contribution is 2.31. The first kappa shape index (κ1) is 21.1. The molecule has 0 bridgehead atoms. The van der Waals surface area contributed by atoms with E-state index in [1.54, 1.807) is 30.3 Å². The van der Waals surface area contributed by atoms with E-state index in [9.17, 15) is 34.5 Å². The number of aliphatic carboxylic acids is 1. The van der Waals surface area contributed by atoms with E-state index in [1.807, 2.05) is 4.98 Å². The minimum Gasteiger partial charge on any atom is -0.478 e. The second-order valence-electron chi connectivity index (χ2n) is 6.37. The van der Waals surface area contributed by atoms with Gasteiger partial charge in [0.25, 0.3) is 5.56 Å². The third-order valence-electron chi connectivity index (χ3n) is 4.40. The highest BCUT2D eigenvalue weighted by Gasteiger charge is 2.27. The predicted molar refractivity (Wildman–Crippen MR) is 108 cm³/mol. The number of pyridine rings is 1. The van der Waals surface area contributed by atoms with Crippen molar-refractivity contribution in [1.29, 1.82) is 0 Å². The Bertz CT molecular complexity index is 1220. The van der Waals surface area contributed by atoms with Crippen LogP contribution in [0.5, 0.6) is 5.75 Å². The van der Waals surface area contributed by atoms with Gasteiger partial charge in [-0.1, -0.05) is 42.5 Å². The summed E-state index contributed by atoms with van der Waals surface area (Å²) in [4.78, 5) is 49.0. The molecule has 0 saturated heterocycles. The van der Waals surface area contributed by atoms with Gasteiger partial charge in [0.2, 0.25) is 6.10 Å². The normalized spacial score (nSPS) is 11.5. The first-order valence-corrected chi connectivity index (χ1v) is 8.78. The van der Waals surface area contributed by atoms with Crippen molar-refractivity contribution in [3.05, 3.63) is 81.6 Å². The predicted octanol–water partition coefficient (Wildman–Crippen LogP) is 2.23. The quantitative estimate of drug-likeness (QED) is 0.380. The fraction of sp³-hybridized carbons (Fsp3) is 0.0476. The maximum atomic E-state index is 12.1. The highest BCUT2D eigenvalue weighted by atomic mass is 16.5. The fourth-order valence-corrected chi connectivity index (χ4v) is 3.06. The largest absolute Gasteiger partial charge is 0.478 e. The van der Waals surface area contributed by atoms with Crippen LogP contribution in [0.15, 0.2) is 59.4 Å². The van der Waals surface area contributed by atoms with Crippen LogP contribution in [-0.4, -0.2) is 38.2 Å². The van der Waals surface area contributed by atoms with E-state index in [0.29, 0.717) is 5.56 Å². The number of H-pyrrole nitrogens is 1. The molecule has 0 spiro atoms. The molecule has 31 heavy (non-hydrogen) atoms. The molecule has 0 aliphatic heterocycles. The third-order valence-corrected chi connectivity index (χ3v) is 4.40. The number of anilines is 1. The van der Waals surface area contributed by atoms with Crippen molar-refractivity contribution in [1.82, 2.24) is 4.98 Å². The number of aromatic nitrogens is 1. The van der Waals surface area contributed by atoms with Crippen molar-refractivity contribution in [2.75, 3.05) is 5.73 Å². The Hall–Kier alpha value is -4.60. The molecule has 10 nitrogen and oxygen atoms in total. The number of aromatic amines is 1. The van der Waals surface area contributed by atoms with E-state index in [2.05, 4.69) is 0 Å². The Morgan fingerprint density at radius 3 is 1.97 bits per heavy atom. The molecule has 0 aliphatic rings. The first-order valence-electron chi connectivity index (χ1n) is 8.78. The lowest BCUT2D eigenvalue weighted by atomic mass is 9.95. The summed E-state index contributed by atoms with van der Waals surface area (Å²) >= 11 is 0. The summed E-state index contributed by atoms with van der Waals surface area (Å²) in [5.41, 5.74) is 3.30. The number of nitrogens with two attached hydrogens (primary N) is 1. The zero-order chi connectivity index (χ0) is 22.7. The Balaban J connectivity index is 2.06. The molecule has 0 saturated carbocycles. The zero-order valence-corrected chi connectivity index (χ0v) is 15.7. The molecule has 0 aliphatic carbocycles.